The molecule has 1 heterocycles. The van der Waals surface area contributed by atoms with E-state index in [1.54, 1.807) is 6.92 Å². The predicted octanol–water partition coefficient (Wildman–Crippen LogP) is 2.92. The fraction of sp³-hybridized carbons (Fsp3) is 0.385. The first-order valence-electron chi connectivity index (χ1n) is 5.18. The molecular weight excluding hydrogens is 188 g/mol. The molecule has 1 aromatic rings. The van der Waals surface area contributed by atoms with Crippen molar-refractivity contribution in [1.29, 1.82) is 0 Å². The van der Waals surface area contributed by atoms with Gasteiger partial charge in [-0.25, -0.2) is 0 Å². The summed E-state index contributed by atoms with van der Waals surface area (Å²) in [6.45, 7) is 5.81. The summed E-state index contributed by atoms with van der Waals surface area (Å²) in [7, 11) is 0. The van der Waals surface area contributed by atoms with Crippen molar-refractivity contribution in [3.63, 3.8) is 0 Å². The van der Waals surface area contributed by atoms with Gasteiger partial charge in [0.2, 0.25) is 0 Å². The van der Waals surface area contributed by atoms with E-state index in [1.165, 1.54) is 0 Å². The highest BCUT2D eigenvalue weighted by atomic mass is 16.5. The van der Waals surface area contributed by atoms with E-state index >= 15 is 0 Å². The summed E-state index contributed by atoms with van der Waals surface area (Å²) in [6.07, 6.45) is 3.64. The molecule has 0 aliphatic carbocycles. The van der Waals surface area contributed by atoms with Crippen LogP contribution in [0.15, 0.2) is 24.3 Å². The van der Waals surface area contributed by atoms with E-state index in [-0.39, 0.29) is 5.60 Å². The molecule has 0 amide bonds. The van der Waals surface area contributed by atoms with Crippen molar-refractivity contribution in [3.8, 4) is 5.75 Å². The molecule has 15 heavy (non-hydrogen) atoms. The number of fused-ring (bicyclic) bond motifs is 1. The Balaban J connectivity index is 2.40. The quantitative estimate of drug-likeness (QED) is 0.762. The third kappa shape index (κ3) is 2.05. The van der Waals surface area contributed by atoms with Gasteiger partial charge in [-0.05, 0) is 44.5 Å². The van der Waals surface area contributed by atoms with Gasteiger partial charge in [0.05, 0.1) is 6.10 Å². The van der Waals surface area contributed by atoms with E-state index in [0.29, 0.717) is 0 Å². The SMILES string of the molecule is CC(O)c1ccc2c(c1)C=CC(C)(C)O2. The van der Waals surface area contributed by atoms with Crippen molar-refractivity contribution < 1.29 is 9.84 Å². The van der Waals surface area contributed by atoms with Gasteiger partial charge in [0.1, 0.15) is 11.4 Å². The maximum atomic E-state index is 9.46. The largest absolute Gasteiger partial charge is 0.483 e. The maximum absolute atomic E-state index is 9.46. The summed E-state index contributed by atoms with van der Waals surface area (Å²) in [5, 5.41) is 9.46. The zero-order valence-electron chi connectivity index (χ0n) is 9.32. The second-order valence-electron chi connectivity index (χ2n) is 4.51. The van der Waals surface area contributed by atoms with Gasteiger partial charge in [-0.1, -0.05) is 12.1 Å². The van der Waals surface area contributed by atoms with Gasteiger partial charge in [-0.15, -0.1) is 0 Å². The number of hydrogen-bond acceptors (Lipinski definition) is 2. The molecular formula is C13H16O2. The lowest BCUT2D eigenvalue weighted by molar-refractivity contribution is 0.158. The van der Waals surface area contributed by atoms with Crippen LogP contribution in [0.2, 0.25) is 0 Å². The number of rotatable bonds is 1. The van der Waals surface area contributed by atoms with Crippen LogP contribution in [0, 0.1) is 0 Å². The Hall–Kier alpha value is -1.28. The van der Waals surface area contributed by atoms with Crippen LogP contribution < -0.4 is 4.74 Å². The predicted molar refractivity (Wildman–Crippen MR) is 60.8 cm³/mol. The standard InChI is InChI=1S/C13H16O2/c1-9(14)10-4-5-12-11(8-10)6-7-13(2,3)15-12/h4-9,14H,1-3H3. The fourth-order valence-electron chi connectivity index (χ4n) is 1.66. The first kappa shape index (κ1) is 10.2. The Kier molecular flexibility index (Phi) is 2.31. The van der Waals surface area contributed by atoms with Crippen LogP contribution in [0.3, 0.4) is 0 Å². The number of ether oxygens (including phenoxy) is 1. The van der Waals surface area contributed by atoms with Gasteiger partial charge in [0.25, 0.3) is 0 Å². The van der Waals surface area contributed by atoms with Crippen molar-refractivity contribution in [2.45, 2.75) is 32.5 Å². The van der Waals surface area contributed by atoms with E-state index in [4.69, 9.17) is 4.74 Å². The first-order valence-corrected chi connectivity index (χ1v) is 5.18. The van der Waals surface area contributed by atoms with Gasteiger partial charge in [-0.3, -0.25) is 0 Å². The lowest BCUT2D eigenvalue weighted by atomic mass is 9.99. The zero-order chi connectivity index (χ0) is 11.1. The van der Waals surface area contributed by atoms with Crippen molar-refractivity contribution in [3.05, 3.63) is 35.4 Å². The summed E-state index contributed by atoms with van der Waals surface area (Å²) in [4.78, 5) is 0. The summed E-state index contributed by atoms with van der Waals surface area (Å²) in [5.74, 6) is 0.881. The van der Waals surface area contributed by atoms with Crippen LogP contribution >= 0.6 is 0 Å². The molecule has 0 aromatic heterocycles. The van der Waals surface area contributed by atoms with E-state index in [1.807, 2.05) is 44.2 Å². The fourth-order valence-corrected chi connectivity index (χ4v) is 1.66. The van der Waals surface area contributed by atoms with E-state index < -0.39 is 6.10 Å². The average molecular weight is 204 g/mol. The summed E-state index contributed by atoms with van der Waals surface area (Å²) >= 11 is 0. The third-order valence-electron chi connectivity index (χ3n) is 2.55. The zero-order valence-corrected chi connectivity index (χ0v) is 9.32. The molecule has 1 atom stereocenters. The number of hydrogen-bond donors (Lipinski definition) is 1. The van der Waals surface area contributed by atoms with Crippen molar-refractivity contribution in [1.82, 2.24) is 0 Å². The van der Waals surface area contributed by atoms with Crippen LogP contribution in [0.25, 0.3) is 6.08 Å². The van der Waals surface area contributed by atoms with Gasteiger partial charge in [0, 0.05) is 5.56 Å². The Morgan fingerprint density at radius 1 is 1.33 bits per heavy atom. The van der Waals surface area contributed by atoms with Crippen LogP contribution in [0.5, 0.6) is 5.75 Å². The van der Waals surface area contributed by atoms with Crippen LogP contribution in [0.1, 0.15) is 38.0 Å². The average Bonchev–Trinajstić information content (AvgIpc) is 2.15. The topological polar surface area (TPSA) is 29.5 Å². The molecule has 0 bridgehead atoms. The second-order valence-corrected chi connectivity index (χ2v) is 4.51. The first-order chi connectivity index (χ1) is 6.98. The third-order valence-corrected chi connectivity index (χ3v) is 2.55. The molecule has 1 aromatic carbocycles. The van der Waals surface area contributed by atoms with E-state index in [2.05, 4.69) is 0 Å². The molecule has 1 aliphatic rings. The minimum atomic E-state index is -0.432. The Bertz CT molecular complexity index is 403. The van der Waals surface area contributed by atoms with Gasteiger partial charge in [0.15, 0.2) is 0 Å². The number of aliphatic hydroxyl groups excluding tert-OH is 1. The normalized spacial score (nSPS) is 19.2. The summed E-state index contributed by atoms with van der Waals surface area (Å²) < 4.78 is 5.79. The summed E-state index contributed by atoms with van der Waals surface area (Å²) in [6, 6.07) is 5.78. The monoisotopic (exact) mass is 204 g/mol. The van der Waals surface area contributed by atoms with Crippen LogP contribution in [-0.2, 0) is 0 Å². The van der Waals surface area contributed by atoms with Crippen molar-refractivity contribution >= 4 is 6.08 Å². The molecule has 0 saturated carbocycles. The number of aliphatic hydroxyl groups is 1. The minimum Gasteiger partial charge on any atom is -0.483 e. The van der Waals surface area contributed by atoms with Gasteiger partial charge >= 0.3 is 0 Å². The molecule has 80 valence electrons. The molecule has 1 unspecified atom stereocenters. The highest BCUT2D eigenvalue weighted by Gasteiger charge is 2.21. The van der Waals surface area contributed by atoms with Gasteiger partial charge in [-0.2, -0.15) is 0 Å². The Morgan fingerprint density at radius 2 is 2.07 bits per heavy atom. The molecule has 0 spiro atoms. The molecule has 0 fully saturated rings. The highest BCUT2D eigenvalue weighted by molar-refractivity contribution is 5.61. The summed E-state index contributed by atoms with van der Waals surface area (Å²) in [5.41, 5.74) is 1.72. The molecule has 2 nitrogen and oxygen atoms in total. The van der Waals surface area contributed by atoms with Crippen molar-refractivity contribution in [2.24, 2.45) is 0 Å². The Labute approximate surface area is 90.2 Å². The molecule has 1 N–H and O–H groups in total. The molecule has 0 saturated heterocycles. The highest BCUT2D eigenvalue weighted by Crippen LogP contribution is 2.32. The van der Waals surface area contributed by atoms with Gasteiger partial charge < -0.3 is 9.84 Å². The van der Waals surface area contributed by atoms with Crippen molar-refractivity contribution in [2.75, 3.05) is 0 Å². The van der Waals surface area contributed by atoms with E-state index in [9.17, 15) is 5.11 Å². The lowest BCUT2D eigenvalue weighted by Crippen LogP contribution is -2.27. The smallest absolute Gasteiger partial charge is 0.127 e. The van der Waals surface area contributed by atoms with E-state index in [0.717, 1.165) is 16.9 Å². The molecule has 1 aliphatic heterocycles. The maximum Gasteiger partial charge on any atom is 0.127 e. The molecule has 2 rings (SSSR count). The molecule has 2 heteroatoms. The van der Waals surface area contributed by atoms with Crippen LogP contribution in [0.4, 0.5) is 0 Å². The minimum absolute atomic E-state index is 0.237. The van der Waals surface area contributed by atoms with Crippen LogP contribution in [-0.4, -0.2) is 10.7 Å². The lowest BCUT2D eigenvalue weighted by Gasteiger charge is -2.28. The second kappa shape index (κ2) is 3.38. The molecule has 0 radical (unpaired) electrons. The number of benzene rings is 1. The Morgan fingerprint density at radius 3 is 2.73 bits per heavy atom.